The summed E-state index contributed by atoms with van der Waals surface area (Å²) >= 11 is 1.48. The maximum atomic E-state index is 13.3. The van der Waals surface area contributed by atoms with E-state index in [-0.39, 0.29) is 17.6 Å². The van der Waals surface area contributed by atoms with Crippen LogP contribution in [0.5, 0.6) is 0 Å². The van der Waals surface area contributed by atoms with Crippen LogP contribution in [-0.4, -0.2) is 41.9 Å². The molecule has 1 atom stereocenters. The number of halogens is 3. The minimum absolute atomic E-state index is 0.108. The summed E-state index contributed by atoms with van der Waals surface area (Å²) in [4.78, 5) is 19.2. The van der Waals surface area contributed by atoms with Crippen LogP contribution in [0.3, 0.4) is 0 Å². The summed E-state index contributed by atoms with van der Waals surface area (Å²) in [6, 6.07) is 6.16. The highest BCUT2D eigenvalue weighted by Gasteiger charge is 2.37. The molecule has 0 N–H and O–H groups in total. The van der Waals surface area contributed by atoms with E-state index in [1.165, 1.54) is 18.4 Å². The van der Waals surface area contributed by atoms with Gasteiger partial charge in [0.25, 0.3) is 5.91 Å². The lowest BCUT2D eigenvalue weighted by Crippen LogP contribution is -2.38. The topological polar surface area (TPSA) is 68.8 Å². The average molecular weight is 460 g/mol. The summed E-state index contributed by atoms with van der Waals surface area (Å²) in [6.45, 7) is 2.32. The molecule has 4 heterocycles. The van der Waals surface area contributed by atoms with Crippen molar-refractivity contribution in [2.75, 3.05) is 6.54 Å². The molecule has 11 heteroatoms. The molecule has 0 spiro atoms. The highest BCUT2D eigenvalue weighted by atomic mass is 32.1. The van der Waals surface area contributed by atoms with Crippen LogP contribution >= 0.6 is 11.3 Å². The third kappa shape index (κ3) is 3.19. The van der Waals surface area contributed by atoms with E-state index >= 15 is 0 Å². The first-order valence-electron chi connectivity index (χ1n) is 9.96. The van der Waals surface area contributed by atoms with Gasteiger partial charge in [-0.2, -0.15) is 23.4 Å². The monoisotopic (exact) mass is 460 g/mol. The molecule has 0 radical (unpaired) electrons. The van der Waals surface area contributed by atoms with Crippen LogP contribution in [0, 0.1) is 0 Å². The third-order valence-corrected chi connectivity index (χ3v) is 6.69. The van der Waals surface area contributed by atoms with Gasteiger partial charge in [0.1, 0.15) is 11.4 Å². The molecule has 0 bridgehead atoms. The Kier molecular flexibility index (Phi) is 4.63. The first kappa shape index (κ1) is 20.7. The predicted molar refractivity (Wildman–Crippen MR) is 113 cm³/mol. The maximum Gasteiger partial charge on any atom is 0.433 e. The number of alkyl halides is 3. The van der Waals surface area contributed by atoms with Gasteiger partial charge in [-0.1, -0.05) is 0 Å². The summed E-state index contributed by atoms with van der Waals surface area (Å²) in [6.07, 6.45) is -4.01. The number of aromatic nitrogens is 5. The van der Waals surface area contributed by atoms with Gasteiger partial charge < -0.3 is 4.90 Å². The van der Waals surface area contributed by atoms with Crippen LogP contribution in [0.1, 0.15) is 40.3 Å². The second-order valence-electron chi connectivity index (χ2n) is 7.83. The third-order valence-electron chi connectivity index (χ3n) is 5.89. The van der Waals surface area contributed by atoms with E-state index in [0.717, 1.165) is 26.5 Å². The van der Waals surface area contributed by atoms with E-state index in [1.807, 2.05) is 19.1 Å². The summed E-state index contributed by atoms with van der Waals surface area (Å²) in [7, 11) is 2.96. The minimum Gasteiger partial charge on any atom is -0.330 e. The van der Waals surface area contributed by atoms with Crippen LogP contribution in [0.15, 0.2) is 29.8 Å². The Labute approximate surface area is 185 Å². The van der Waals surface area contributed by atoms with E-state index in [4.69, 9.17) is 0 Å². The maximum absolute atomic E-state index is 13.3. The zero-order chi connectivity index (χ0) is 22.8. The minimum atomic E-state index is -4.49. The number of carbonyl (C=O) groups is 1. The average Bonchev–Trinajstić information content (AvgIpc) is 3.43. The molecule has 0 saturated carbocycles. The number of nitrogens with zero attached hydrogens (tertiary/aromatic N) is 6. The zero-order valence-corrected chi connectivity index (χ0v) is 18.3. The van der Waals surface area contributed by atoms with Crippen LogP contribution in [0.4, 0.5) is 13.2 Å². The Morgan fingerprint density at radius 2 is 1.94 bits per heavy atom. The molecule has 1 amide bonds. The Bertz CT molecular complexity index is 1350. The van der Waals surface area contributed by atoms with Crippen molar-refractivity contribution >= 4 is 27.5 Å². The number of rotatable bonds is 2. The summed E-state index contributed by atoms with van der Waals surface area (Å²) in [5, 5.41) is 8.65. The first-order valence-corrected chi connectivity index (χ1v) is 10.8. The number of aryl methyl sites for hydroxylation is 2. The van der Waals surface area contributed by atoms with Crippen molar-refractivity contribution in [3.63, 3.8) is 0 Å². The van der Waals surface area contributed by atoms with Gasteiger partial charge in [0.15, 0.2) is 0 Å². The summed E-state index contributed by atoms with van der Waals surface area (Å²) in [5.74, 6) is -0.108. The van der Waals surface area contributed by atoms with Crippen molar-refractivity contribution in [2.24, 2.45) is 14.1 Å². The van der Waals surface area contributed by atoms with E-state index < -0.39 is 11.9 Å². The molecular weight excluding hydrogens is 441 g/mol. The Morgan fingerprint density at radius 3 is 2.66 bits per heavy atom. The van der Waals surface area contributed by atoms with Crippen molar-refractivity contribution in [2.45, 2.75) is 25.6 Å². The number of hydrogen-bond donors (Lipinski definition) is 0. The second-order valence-corrected chi connectivity index (χ2v) is 8.72. The number of thiazole rings is 1. The van der Waals surface area contributed by atoms with E-state index in [2.05, 4.69) is 15.2 Å². The van der Waals surface area contributed by atoms with Crippen LogP contribution < -0.4 is 0 Å². The molecule has 0 aliphatic carbocycles. The van der Waals surface area contributed by atoms with Gasteiger partial charge >= 0.3 is 6.18 Å². The highest BCUT2D eigenvalue weighted by Crippen LogP contribution is 2.38. The molecule has 32 heavy (non-hydrogen) atoms. The molecule has 1 aliphatic rings. The fourth-order valence-electron chi connectivity index (χ4n) is 4.34. The van der Waals surface area contributed by atoms with Crippen molar-refractivity contribution in [1.82, 2.24) is 29.4 Å². The molecule has 7 nitrogen and oxygen atoms in total. The number of amides is 1. The lowest BCUT2D eigenvalue weighted by molar-refractivity contribution is -0.143. The predicted octanol–water partition coefficient (Wildman–Crippen LogP) is 4.21. The fourth-order valence-corrected chi connectivity index (χ4v) is 5.06. The van der Waals surface area contributed by atoms with Gasteiger partial charge in [-0.3, -0.25) is 14.2 Å². The van der Waals surface area contributed by atoms with Crippen molar-refractivity contribution in [3.8, 4) is 11.4 Å². The summed E-state index contributed by atoms with van der Waals surface area (Å²) in [5.41, 5.74) is 4.63. The lowest BCUT2D eigenvalue weighted by atomic mass is 9.96. The molecule has 4 aromatic rings. The van der Waals surface area contributed by atoms with Crippen molar-refractivity contribution < 1.29 is 18.0 Å². The fraction of sp³-hybridized carbons (Fsp3) is 0.333. The SMILES string of the molecule is C[C@H]1c2nn(C)c(-c3cc(C(F)(F)F)n(C)n3)c2CCN1C(=O)c1ccc2ncsc2c1. The molecule has 0 saturated heterocycles. The number of benzene rings is 1. The molecule has 5 rings (SSSR count). The van der Waals surface area contributed by atoms with Gasteiger partial charge in [0, 0.05) is 31.8 Å². The Balaban J connectivity index is 1.49. The number of carbonyl (C=O) groups excluding carboxylic acids is 1. The number of fused-ring (bicyclic) bond motifs is 2. The summed E-state index contributed by atoms with van der Waals surface area (Å²) < 4.78 is 43.1. The molecule has 166 valence electrons. The second kappa shape index (κ2) is 7.16. The van der Waals surface area contributed by atoms with Crippen molar-refractivity contribution in [3.05, 3.63) is 52.3 Å². The molecule has 1 aromatic carbocycles. The Hall–Kier alpha value is -3.21. The molecule has 3 aromatic heterocycles. The first-order chi connectivity index (χ1) is 15.1. The van der Waals surface area contributed by atoms with E-state index in [9.17, 15) is 18.0 Å². The van der Waals surface area contributed by atoms with Gasteiger partial charge in [-0.25, -0.2) is 4.98 Å². The molecule has 0 fully saturated rings. The van der Waals surface area contributed by atoms with Crippen LogP contribution in [0.25, 0.3) is 21.6 Å². The van der Waals surface area contributed by atoms with Crippen LogP contribution in [-0.2, 0) is 26.7 Å². The quantitative estimate of drug-likeness (QED) is 0.450. The van der Waals surface area contributed by atoms with Gasteiger partial charge in [0.05, 0.1) is 33.2 Å². The smallest absolute Gasteiger partial charge is 0.330 e. The Morgan fingerprint density at radius 1 is 1.16 bits per heavy atom. The van der Waals surface area contributed by atoms with E-state index in [1.54, 1.807) is 28.2 Å². The normalized spacial score (nSPS) is 16.6. The lowest BCUT2D eigenvalue weighted by Gasteiger charge is -2.33. The zero-order valence-electron chi connectivity index (χ0n) is 17.5. The molecule has 0 unspecified atom stereocenters. The van der Waals surface area contributed by atoms with Gasteiger partial charge in [-0.05, 0) is 37.6 Å². The molecular formula is C21H19F3N6OS. The van der Waals surface area contributed by atoms with Crippen molar-refractivity contribution in [1.29, 1.82) is 0 Å². The largest absolute Gasteiger partial charge is 0.433 e. The van der Waals surface area contributed by atoms with E-state index in [0.29, 0.717) is 29.9 Å². The van der Waals surface area contributed by atoms with Gasteiger partial charge in [-0.15, -0.1) is 11.3 Å². The van der Waals surface area contributed by atoms with Gasteiger partial charge in [0.2, 0.25) is 0 Å². The number of hydrogen-bond acceptors (Lipinski definition) is 5. The standard InChI is InChI=1S/C21H19F3N6OS/c1-11-18-13(19(29(3)27-18)15-9-17(21(22,23)24)28(2)26-15)6-7-30(11)20(31)12-4-5-14-16(8-12)32-10-25-14/h4-5,8-11H,6-7H2,1-3H3/t11-/m0/s1. The molecule has 1 aliphatic heterocycles. The highest BCUT2D eigenvalue weighted by molar-refractivity contribution is 7.16. The van der Waals surface area contributed by atoms with Crippen LogP contribution in [0.2, 0.25) is 0 Å².